The van der Waals surface area contributed by atoms with Gasteiger partial charge in [-0.2, -0.15) is 5.10 Å². The van der Waals surface area contributed by atoms with Crippen LogP contribution in [0.15, 0.2) is 24.5 Å². The van der Waals surface area contributed by atoms with Crippen LogP contribution in [0.1, 0.15) is 42.3 Å². The predicted molar refractivity (Wildman–Crippen MR) is 132 cm³/mol. The molecular weight excluding hydrogens is 471 g/mol. The van der Waals surface area contributed by atoms with Gasteiger partial charge in [-0.25, -0.2) is 19.0 Å². The molecule has 6 rings (SSSR count). The maximum absolute atomic E-state index is 15.5. The monoisotopic (exact) mass is 500 g/mol. The number of piperidine rings is 1. The Bertz CT molecular complexity index is 1230. The molecule has 186 valence electrons. The Labute approximate surface area is 208 Å². The summed E-state index contributed by atoms with van der Waals surface area (Å²) in [6.45, 7) is 4.41. The van der Waals surface area contributed by atoms with E-state index in [4.69, 9.17) is 26.1 Å². The number of nitrogens with one attached hydrogen (secondary N) is 1. The van der Waals surface area contributed by atoms with Gasteiger partial charge in [0.15, 0.2) is 5.15 Å². The van der Waals surface area contributed by atoms with Crippen molar-refractivity contribution in [2.75, 3.05) is 38.7 Å². The molecule has 0 amide bonds. The number of fused-ring (bicyclic) bond motifs is 1. The van der Waals surface area contributed by atoms with Gasteiger partial charge in [-0.05, 0) is 56.0 Å². The van der Waals surface area contributed by atoms with Crippen molar-refractivity contribution in [2.24, 2.45) is 0 Å². The van der Waals surface area contributed by atoms with Crippen LogP contribution < -0.4 is 5.32 Å². The summed E-state index contributed by atoms with van der Waals surface area (Å²) < 4.78 is 28.5. The summed E-state index contributed by atoms with van der Waals surface area (Å²) in [5.41, 5.74) is 3.55. The fourth-order valence-corrected chi connectivity index (χ4v) is 5.74. The minimum atomic E-state index is -0.968. The summed E-state index contributed by atoms with van der Waals surface area (Å²) >= 11 is 6.49. The van der Waals surface area contributed by atoms with Crippen molar-refractivity contribution < 1.29 is 13.9 Å². The van der Waals surface area contributed by atoms with Gasteiger partial charge in [0.2, 0.25) is 5.95 Å². The number of ether oxygens (including phenoxy) is 2. The van der Waals surface area contributed by atoms with E-state index in [0.29, 0.717) is 42.6 Å². The molecule has 2 aliphatic heterocycles. The van der Waals surface area contributed by atoms with Crippen LogP contribution in [0.4, 0.5) is 16.0 Å². The highest BCUT2D eigenvalue weighted by molar-refractivity contribution is 6.32. The van der Waals surface area contributed by atoms with Crippen molar-refractivity contribution in [3.05, 3.63) is 40.8 Å². The van der Waals surface area contributed by atoms with Crippen LogP contribution in [0, 0.1) is 6.92 Å². The molecule has 3 fully saturated rings. The smallest absolute Gasteiger partial charge is 0.227 e. The van der Waals surface area contributed by atoms with Crippen molar-refractivity contribution in [3.63, 3.8) is 0 Å². The van der Waals surface area contributed by atoms with E-state index < -0.39 is 6.17 Å². The van der Waals surface area contributed by atoms with Crippen LogP contribution in [-0.4, -0.2) is 76.4 Å². The summed E-state index contributed by atoms with van der Waals surface area (Å²) in [6, 6.07) is 4.59. The molecule has 0 unspecified atom stereocenters. The number of likely N-dealkylation sites (tertiary alicyclic amines) is 1. The Balaban J connectivity index is 1.22. The SMILES string of the molecule is CO[C@H]1COC[C@H]1N1CC[C@@H](c2cc3nc(Nc4cnn(C5CC5)c4Cl)ncc3cc2C)[C@H](F)C1. The summed E-state index contributed by atoms with van der Waals surface area (Å²) in [5, 5.41) is 9.07. The van der Waals surface area contributed by atoms with Crippen molar-refractivity contribution in [3.8, 4) is 0 Å². The third kappa shape index (κ3) is 4.39. The molecule has 0 bridgehead atoms. The number of alkyl halides is 1. The van der Waals surface area contributed by atoms with E-state index in [2.05, 4.69) is 26.4 Å². The molecule has 3 aliphatic rings. The number of methoxy groups -OCH3 is 1. The number of benzene rings is 1. The van der Waals surface area contributed by atoms with Crippen LogP contribution in [0.25, 0.3) is 10.9 Å². The van der Waals surface area contributed by atoms with Crippen LogP contribution >= 0.6 is 11.6 Å². The Morgan fingerprint density at radius 3 is 2.83 bits per heavy atom. The zero-order valence-electron chi connectivity index (χ0n) is 20.0. The number of halogens is 2. The van der Waals surface area contributed by atoms with Gasteiger partial charge in [0.1, 0.15) is 6.17 Å². The number of aromatic nitrogens is 4. The topological polar surface area (TPSA) is 77.3 Å². The molecule has 1 N–H and O–H groups in total. The Hall–Kier alpha value is -2.33. The fourth-order valence-electron chi connectivity index (χ4n) is 5.46. The molecule has 1 saturated carbocycles. The predicted octanol–water partition coefficient (Wildman–Crippen LogP) is 4.41. The van der Waals surface area contributed by atoms with Crippen molar-refractivity contribution in [1.82, 2.24) is 24.6 Å². The van der Waals surface area contributed by atoms with Crippen molar-refractivity contribution >= 4 is 34.1 Å². The van der Waals surface area contributed by atoms with Crippen LogP contribution in [-0.2, 0) is 9.47 Å². The number of nitrogens with zero attached hydrogens (tertiary/aromatic N) is 5. The van der Waals surface area contributed by atoms with Gasteiger partial charge in [-0.1, -0.05) is 11.6 Å². The van der Waals surface area contributed by atoms with Gasteiger partial charge in [0, 0.05) is 31.2 Å². The lowest BCUT2D eigenvalue weighted by Gasteiger charge is -2.39. The molecule has 1 aromatic carbocycles. The third-order valence-corrected chi connectivity index (χ3v) is 7.96. The zero-order valence-corrected chi connectivity index (χ0v) is 20.7. The molecule has 1 aliphatic carbocycles. The van der Waals surface area contributed by atoms with Gasteiger partial charge < -0.3 is 14.8 Å². The van der Waals surface area contributed by atoms with Crippen molar-refractivity contribution in [1.29, 1.82) is 0 Å². The quantitative estimate of drug-likeness (QED) is 0.537. The highest BCUT2D eigenvalue weighted by Crippen LogP contribution is 2.39. The molecule has 0 spiro atoms. The maximum atomic E-state index is 15.5. The second-order valence-electron chi connectivity index (χ2n) is 9.90. The van der Waals surface area contributed by atoms with E-state index >= 15 is 4.39 Å². The zero-order chi connectivity index (χ0) is 24.1. The number of hydrogen-bond acceptors (Lipinski definition) is 7. The largest absolute Gasteiger partial charge is 0.377 e. The Morgan fingerprint density at radius 1 is 1.20 bits per heavy atom. The number of anilines is 2. The summed E-state index contributed by atoms with van der Waals surface area (Å²) in [5.74, 6) is 0.277. The molecule has 35 heavy (non-hydrogen) atoms. The molecule has 4 heterocycles. The Kier molecular flexibility index (Phi) is 6.12. The first-order valence-corrected chi connectivity index (χ1v) is 12.7. The first kappa shape index (κ1) is 23.1. The second-order valence-corrected chi connectivity index (χ2v) is 10.3. The summed E-state index contributed by atoms with van der Waals surface area (Å²) in [7, 11) is 1.70. The van der Waals surface area contributed by atoms with E-state index in [0.717, 1.165) is 47.8 Å². The van der Waals surface area contributed by atoms with Gasteiger partial charge >= 0.3 is 0 Å². The molecule has 2 aromatic heterocycles. The van der Waals surface area contributed by atoms with Gasteiger partial charge in [-0.3, -0.25) is 4.90 Å². The molecule has 2 saturated heterocycles. The first-order chi connectivity index (χ1) is 17.0. The maximum Gasteiger partial charge on any atom is 0.227 e. The normalized spacial score (nSPS) is 27.5. The molecule has 8 nitrogen and oxygen atoms in total. The average molecular weight is 501 g/mol. The number of aryl methyl sites for hydroxylation is 1. The lowest BCUT2D eigenvalue weighted by atomic mass is 9.84. The summed E-state index contributed by atoms with van der Waals surface area (Å²) in [4.78, 5) is 11.4. The molecule has 4 atom stereocenters. The standard InChI is InChI=1S/C25H30ClFN6O2/c1-14-7-15-9-28-25(31-21-10-29-33(24(21)26)16-3-4-16)30-20(15)8-18(14)17-5-6-32(11-19(17)27)22-12-35-13-23(22)34-2/h7-10,16-17,19,22-23H,3-6,11-13H2,1-2H3,(H,28,30,31)/t17-,19+,22+,23-/m0/s1. The van der Waals surface area contributed by atoms with E-state index in [1.165, 1.54) is 0 Å². The fraction of sp³-hybridized carbons (Fsp3) is 0.560. The minimum Gasteiger partial charge on any atom is -0.377 e. The Morgan fingerprint density at radius 2 is 2.06 bits per heavy atom. The van der Waals surface area contributed by atoms with Crippen LogP contribution in [0.2, 0.25) is 5.15 Å². The van der Waals surface area contributed by atoms with Gasteiger partial charge in [0.25, 0.3) is 0 Å². The highest BCUT2D eigenvalue weighted by atomic mass is 35.5. The van der Waals surface area contributed by atoms with E-state index in [-0.39, 0.29) is 18.1 Å². The molecule has 0 radical (unpaired) electrons. The lowest BCUT2D eigenvalue weighted by Crippen LogP contribution is -2.51. The van der Waals surface area contributed by atoms with Gasteiger partial charge in [0.05, 0.1) is 48.8 Å². The average Bonchev–Trinajstić information content (AvgIpc) is 3.47. The van der Waals surface area contributed by atoms with E-state index in [1.807, 2.05) is 17.7 Å². The van der Waals surface area contributed by atoms with Crippen LogP contribution in [0.5, 0.6) is 0 Å². The van der Waals surface area contributed by atoms with E-state index in [1.54, 1.807) is 19.5 Å². The minimum absolute atomic E-state index is 0.00802. The third-order valence-electron chi connectivity index (χ3n) is 7.59. The van der Waals surface area contributed by atoms with Crippen LogP contribution in [0.3, 0.4) is 0 Å². The van der Waals surface area contributed by atoms with Crippen molar-refractivity contribution in [2.45, 2.75) is 56.5 Å². The van der Waals surface area contributed by atoms with Gasteiger partial charge in [-0.15, -0.1) is 0 Å². The first-order valence-electron chi connectivity index (χ1n) is 12.3. The molecule has 10 heteroatoms. The second kappa shape index (κ2) is 9.28. The summed E-state index contributed by atoms with van der Waals surface area (Å²) in [6.07, 6.45) is 5.49. The highest BCUT2D eigenvalue weighted by Gasteiger charge is 2.39. The number of rotatable bonds is 6. The van der Waals surface area contributed by atoms with E-state index in [9.17, 15) is 0 Å². The molecule has 3 aromatic rings. The number of hydrogen-bond donors (Lipinski definition) is 1. The molecular formula is C25H30ClFN6O2. The lowest BCUT2D eigenvalue weighted by molar-refractivity contribution is 0.0132.